The predicted octanol–water partition coefficient (Wildman–Crippen LogP) is 2.74. The highest BCUT2D eigenvalue weighted by Crippen LogP contribution is 2.23. The van der Waals surface area contributed by atoms with Crippen LogP contribution in [0.25, 0.3) is 0 Å². The van der Waals surface area contributed by atoms with Gasteiger partial charge in [0.15, 0.2) is 0 Å². The van der Waals surface area contributed by atoms with Gasteiger partial charge in [0, 0.05) is 6.04 Å². The largest absolute Gasteiger partial charge is 0.368 e. The molecule has 0 aliphatic rings. The van der Waals surface area contributed by atoms with Gasteiger partial charge in [-0.3, -0.25) is 10.1 Å². The molecule has 0 aromatic carbocycles. The summed E-state index contributed by atoms with van der Waals surface area (Å²) in [4.78, 5) is 18.0. The van der Waals surface area contributed by atoms with E-state index in [1.54, 1.807) is 0 Å². The quantitative estimate of drug-likeness (QED) is 0.554. The number of rotatable bonds is 8. The van der Waals surface area contributed by atoms with Crippen molar-refractivity contribution in [2.24, 2.45) is 0 Å². The molecule has 1 unspecified atom stereocenters. The van der Waals surface area contributed by atoms with Crippen LogP contribution in [0.1, 0.15) is 46.0 Å². The summed E-state index contributed by atoms with van der Waals surface area (Å²) in [5.41, 5.74) is 5.36. The molecule has 0 spiro atoms. The fourth-order valence-corrected chi connectivity index (χ4v) is 1.91. The summed E-state index contributed by atoms with van der Waals surface area (Å²) in [6.45, 7) is 4.21. The number of anilines is 2. The van der Waals surface area contributed by atoms with Gasteiger partial charge in [-0.05, 0) is 12.8 Å². The molecule has 1 heterocycles. The van der Waals surface area contributed by atoms with Crippen LogP contribution >= 0.6 is 0 Å². The fourth-order valence-electron chi connectivity index (χ4n) is 1.91. The first-order valence-corrected chi connectivity index (χ1v) is 6.61. The van der Waals surface area contributed by atoms with E-state index in [1.165, 1.54) is 0 Å². The number of nitrogen functional groups attached to an aromatic ring is 1. The van der Waals surface area contributed by atoms with Crippen molar-refractivity contribution in [3.05, 3.63) is 16.3 Å². The van der Waals surface area contributed by atoms with E-state index >= 15 is 0 Å². The molecule has 0 saturated carbocycles. The van der Waals surface area contributed by atoms with Crippen molar-refractivity contribution in [3.8, 4) is 0 Å². The molecule has 1 atom stereocenters. The van der Waals surface area contributed by atoms with Crippen LogP contribution in [0.3, 0.4) is 0 Å². The Kier molecular flexibility index (Phi) is 5.98. The molecule has 0 fully saturated rings. The second-order valence-electron chi connectivity index (χ2n) is 4.49. The Morgan fingerprint density at radius 2 is 2.16 bits per heavy atom. The van der Waals surface area contributed by atoms with Gasteiger partial charge in [-0.2, -0.15) is 4.98 Å². The van der Waals surface area contributed by atoms with Crippen molar-refractivity contribution in [1.82, 2.24) is 9.97 Å². The Morgan fingerprint density at radius 1 is 1.42 bits per heavy atom. The summed E-state index contributed by atoms with van der Waals surface area (Å²) in [7, 11) is 0. The van der Waals surface area contributed by atoms with Gasteiger partial charge in [0.2, 0.25) is 11.8 Å². The summed E-state index contributed by atoms with van der Waals surface area (Å²) in [5.74, 6) is 0.255. The first-order chi connectivity index (χ1) is 9.08. The number of nitro groups is 1. The lowest BCUT2D eigenvalue weighted by Gasteiger charge is -2.18. The summed E-state index contributed by atoms with van der Waals surface area (Å²) in [5, 5.41) is 14.1. The van der Waals surface area contributed by atoms with E-state index in [9.17, 15) is 10.1 Å². The third-order valence-electron chi connectivity index (χ3n) is 2.87. The minimum absolute atomic E-state index is 0.0406. The van der Waals surface area contributed by atoms with Crippen molar-refractivity contribution in [3.63, 3.8) is 0 Å². The monoisotopic (exact) mass is 267 g/mol. The van der Waals surface area contributed by atoms with E-state index in [4.69, 9.17) is 5.73 Å². The van der Waals surface area contributed by atoms with Crippen LogP contribution in [0, 0.1) is 10.1 Å². The Balaban J connectivity index is 2.87. The van der Waals surface area contributed by atoms with Gasteiger partial charge < -0.3 is 11.1 Å². The molecule has 0 bridgehead atoms. The van der Waals surface area contributed by atoms with Crippen molar-refractivity contribution < 1.29 is 4.92 Å². The highest BCUT2D eigenvalue weighted by molar-refractivity contribution is 5.56. The molecular formula is C12H21N5O2. The standard InChI is InChI=1S/C12H21N5O2/c1-3-5-7-9(6-4-2)15-11-10(17(18)19)8-14-12(13)16-11/h8-9H,3-7H2,1-2H3,(H3,13,14,15,16). The van der Waals surface area contributed by atoms with E-state index in [1.807, 2.05) is 0 Å². The lowest BCUT2D eigenvalue weighted by molar-refractivity contribution is -0.384. The van der Waals surface area contributed by atoms with Crippen LogP contribution in [0.15, 0.2) is 6.20 Å². The van der Waals surface area contributed by atoms with Gasteiger partial charge in [0.25, 0.3) is 0 Å². The molecule has 1 rings (SSSR count). The molecule has 7 heteroatoms. The Bertz CT molecular complexity index is 425. The van der Waals surface area contributed by atoms with Gasteiger partial charge in [0.1, 0.15) is 6.20 Å². The van der Waals surface area contributed by atoms with Gasteiger partial charge >= 0.3 is 5.69 Å². The van der Waals surface area contributed by atoms with Crippen molar-refractivity contribution in [2.75, 3.05) is 11.1 Å². The summed E-state index contributed by atoms with van der Waals surface area (Å²) >= 11 is 0. The minimum atomic E-state index is -0.495. The van der Waals surface area contributed by atoms with E-state index in [2.05, 4.69) is 29.1 Å². The number of hydrogen-bond acceptors (Lipinski definition) is 6. The maximum atomic E-state index is 10.9. The normalized spacial score (nSPS) is 12.1. The maximum absolute atomic E-state index is 10.9. The van der Waals surface area contributed by atoms with Crippen molar-refractivity contribution in [2.45, 2.75) is 52.0 Å². The molecule has 106 valence electrons. The molecule has 0 aliphatic carbocycles. The Hall–Kier alpha value is -1.92. The van der Waals surface area contributed by atoms with Gasteiger partial charge in [-0.15, -0.1) is 0 Å². The van der Waals surface area contributed by atoms with Crippen LogP contribution in [0.4, 0.5) is 17.5 Å². The highest BCUT2D eigenvalue weighted by atomic mass is 16.6. The molecular weight excluding hydrogens is 246 g/mol. The summed E-state index contributed by atoms with van der Waals surface area (Å²) in [6, 6.07) is 0.179. The smallest absolute Gasteiger partial charge is 0.329 e. The number of hydrogen-bond donors (Lipinski definition) is 2. The number of nitrogens with one attached hydrogen (secondary N) is 1. The second-order valence-corrected chi connectivity index (χ2v) is 4.49. The first kappa shape index (κ1) is 15.1. The van der Waals surface area contributed by atoms with Crippen LogP contribution in [-0.4, -0.2) is 20.9 Å². The Labute approximate surface area is 112 Å². The van der Waals surface area contributed by atoms with Crippen LogP contribution in [0.2, 0.25) is 0 Å². The summed E-state index contributed by atoms with van der Waals surface area (Å²) in [6.07, 6.45) is 6.23. The number of nitrogens with zero attached hydrogens (tertiary/aromatic N) is 3. The topological polar surface area (TPSA) is 107 Å². The number of unbranched alkanes of at least 4 members (excludes halogenated alkanes) is 1. The first-order valence-electron chi connectivity index (χ1n) is 6.61. The Morgan fingerprint density at radius 3 is 2.74 bits per heavy atom. The second kappa shape index (κ2) is 7.50. The predicted molar refractivity (Wildman–Crippen MR) is 74.9 cm³/mol. The lowest BCUT2D eigenvalue weighted by Crippen LogP contribution is -2.21. The molecule has 0 saturated heterocycles. The minimum Gasteiger partial charge on any atom is -0.368 e. The summed E-state index contributed by atoms with van der Waals surface area (Å²) < 4.78 is 0. The third-order valence-corrected chi connectivity index (χ3v) is 2.87. The van der Waals surface area contributed by atoms with E-state index < -0.39 is 4.92 Å². The molecule has 0 aliphatic heterocycles. The lowest BCUT2D eigenvalue weighted by atomic mass is 10.1. The van der Waals surface area contributed by atoms with Crippen molar-refractivity contribution in [1.29, 1.82) is 0 Å². The highest BCUT2D eigenvalue weighted by Gasteiger charge is 2.19. The molecule has 0 radical (unpaired) electrons. The van der Waals surface area contributed by atoms with Crippen LogP contribution in [0.5, 0.6) is 0 Å². The molecule has 19 heavy (non-hydrogen) atoms. The van der Waals surface area contributed by atoms with Crippen LogP contribution < -0.4 is 11.1 Å². The molecule has 3 N–H and O–H groups in total. The molecule has 1 aromatic heterocycles. The average Bonchev–Trinajstić information content (AvgIpc) is 2.36. The average molecular weight is 267 g/mol. The zero-order valence-electron chi connectivity index (χ0n) is 11.4. The van der Waals surface area contributed by atoms with Crippen LogP contribution in [-0.2, 0) is 0 Å². The maximum Gasteiger partial charge on any atom is 0.329 e. The molecule has 1 aromatic rings. The van der Waals surface area contributed by atoms with Gasteiger partial charge in [0.05, 0.1) is 4.92 Å². The number of aromatic nitrogens is 2. The molecule has 0 amide bonds. The molecule has 7 nitrogen and oxygen atoms in total. The zero-order valence-corrected chi connectivity index (χ0v) is 11.4. The van der Waals surface area contributed by atoms with E-state index in [0.29, 0.717) is 0 Å². The van der Waals surface area contributed by atoms with Gasteiger partial charge in [-0.25, -0.2) is 4.98 Å². The van der Waals surface area contributed by atoms with Gasteiger partial charge in [-0.1, -0.05) is 33.1 Å². The van der Waals surface area contributed by atoms with E-state index in [0.717, 1.165) is 38.3 Å². The zero-order chi connectivity index (χ0) is 14.3. The van der Waals surface area contributed by atoms with Crippen molar-refractivity contribution >= 4 is 17.5 Å². The SMILES string of the molecule is CCCCC(CCC)Nc1nc(N)ncc1[N+](=O)[O-]. The third kappa shape index (κ3) is 4.69. The fraction of sp³-hybridized carbons (Fsp3) is 0.667. The van der Waals surface area contributed by atoms with E-state index in [-0.39, 0.29) is 23.5 Å². The number of nitrogens with two attached hydrogens (primary N) is 1.